The molecule has 3 atom stereocenters. The number of fused-ring (bicyclic) bond motifs is 2. The van der Waals surface area contributed by atoms with E-state index in [2.05, 4.69) is 6.92 Å². The van der Waals surface area contributed by atoms with Crippen LogP contribution in [0.3, 0.4) is 0 Å². The number of hydrogen-bond acceptors (Lipinski definition) is 4. The Balaban J connectivity index is 1.67. The van der Waals surface area contributed by atoms with E-state index >= 15 is 0 Å². The molecule has 0 radical (unpaired) electrons. The summed E-state index contributed by atoms with van der Waals surface area (Å²) >= 11 is 0. The summed E-state index contributed by atoms with van der Waals surface area (Å²) in [6.07, 6.45) is 4.22. The molecule has 0 amide bonds. The van der Waals surface area contributed by atoms with Crippen LogP contribution in [-0.2, 0) is 0 Å². The van der Waals surface area contributed by atoms with E-state index in [-0.39, 0.29) is 28.4 Å². The smallest absolute Gasteiger partial charge is 0.341 e. The number of aromatic carboxylic acids is 1. The van der Waals surface area contributed by atoms with Crippen LogP contribution >= 0.6 is 0 Å². The number of rotatable bonds is 3. The molecule has 0 bridgehead atoms. The molecule has 3 N–H and O–H groups in total. The minimum absolute atomic E-state index is 0.115. The predicted octanol–water partition coefficient (Wildman–Crippen LogP) is 2.35. The van der Waals surface area contributed by atoms with Gasteiger partial charge >= 0.3 is 5.97 Å². The number of carbonyl (C=O) groups is 1. The molecule has 2 heterocycles. The molecule has 2 saturated carbocycles. The zero-order valence-corrected chi connectivity index (χ0v) is 15.1. The number of carboxylic acid groups (broad SMARTS) is 1. The molecule has 1 saturated heterocycles. The maximum atomic E-state index is 15.0. The van der Waals surface area contributed by atoms with Crippen molar-refractivity contribution in [2.24, 2.45) is 17.1 Å². The average Bonchev–Trinajstić information content (AvgIpc) is 3.39. The Hall–Kier alpha value is -2.41. The Morgan fingerprint density at radius 3 is 2.70 bits per heavy atom. The third-order valence-electron chi connectivity index (χ3n) is 6.70. The SMILES string of the molecule is CC12CC(N)C1CN(c1cc3c(cc1F)c(=O)c(C(=O)O)cn3C1CC1)C2. The number of benzene rings is 1. The highest BCUT2D eigenvalue weighted by atomic mass is 19.1. The Labute approximate surface area is 155 Å². The third kappa shape index (κ3) is 2.34. The Bertz CT molecular complexity index is 1040. The van der Waals surface area contributed by atoms with Crippen molar-refractivity contribution in [1.82, 2.24) is 4.57 Å². The van der Waals surface area contributed by atoms with Gasteiger partial charge in [0.25, 0.3) is 0 Å². The molecule has 142 valence electrons. The standard InChI is InChI=1S/C20H22FN3O3/c1-20-6-15(22)13(20)8-23(9-20)17-5-16-11(4-14(17)21)18(25)12(19(26)27)7-24(16)10-2-3-10/h4-5,7,10,13,15H,2-3,6,8-9,22H2,1H3,(H,26,27). The van der Waals surface area contributed by atoms with Crippen molar-refractivity contribution in [2.45, 2.75) is 38.3 Å². The molecule has 5 rings (SSSR count). The first kappa shape index (κ1) is 16.7. The highest BCUT2D eigenvalue weighted by Crippen LogP contribution is 2.52. The number of hydrogen-bond donors (Lipinski definition) is 2. The molecular weight excluding hydrogens is 349 g/mol. The molecule has 1 aliphatic heterocycles. The van der Waals surface area contributed by atoms with Crippen LogP contribution in [0.2, 0.25) is 0 Å². The van der Waals surface area contributed by atoms with Crippen molar-refractivity contribution in [2.75, 3.05) is 18.0 Å². The van der Waals surface area contributed by atoms with Crippen LogP contribution < -0.4 is 16.1 Å². The molecular formula is C20H22FN3O3. The normalized spacial score (nSPS) is 29.7. The second-order valence-electron chi connectivity index (χ2n) is 8.65. The van der Waals surface area contributed by atoms with Gasteiger partial charge in [-0.15, -0.1) is 0 Å². The molecule has 2 aromatic rings. The van der Waals surface area contributed by atoms with Crippen molar-refractivity contribution in [3.05, 3.63) is 39.9 Å². The predicted molar refractivity (Wildman–Crippen MR) is 99.8 cm³/mol. The number of carboxylic acids is 1. The van der Waals surface area contributed by atoms with E-state index in [4.69, 9.17) is 5.73 Å². The van der Waals surface area contributed by atoms with Crippen LogP contribution in [0.5, 0.6) is 0 Å². The fourth-order valence-electron chi connectivity index (χ4n) is 5.06. The highest BCUT2D eigenvalue weighted by molar-refractivity contribution is 5.93. The number of halogens is 1. The van der Waals surface area contributed by atoms with Crippen molar-refractivity contribution < 1.29 is 14.3 Å². The van der Waals surface area contributed by atoms with Crippen molar-refractivity contribution in [3.63, 3.8) is 0 Å². The molecule has 1 aromatic carbocycles. The van der Waals surface area contributed by atoms with Gasteiger partial charge in [0, 0.05) is 36.8 Å². The van der Waals surface area contributed by atoms with E-state index < -0.39 is 17.2 Å². The summed E-state index contributed by atoms with van der Waals surface area (Å²) in [5.41, 5.74) is 6.40. The van der Waals surface area contributed by atoms with E-state index in [1.165, 1.54) is 12.3 Å². The summed E-state index contributed by atoms with van der Waals surface area (Å²) < 4.78 is 16.8. The zero-order valence-electron chi connectivity index (χ0n) is 15.1. The van der Waals surface area contributed by atoms with Gasteiger partial charge in [-0.05, 0) is 42.7 Å². The van der Waals surface area contributed by atoms with E-state index in [0.717, 1.165) is 25.8 Å². The topological polar surface area (TPSA) is 88.6 Å². The van der Waals surface area contributed by atoms with Crippen molar-refractivity contribution >= 4 is 22.6 Å². The monoisotopic (exact) mass is 371 g/mol. The summed E-state index contributed by atoms with van der Waals surface area (Å²) in [5, 5.41) is 9.47. The molecule has 0 spiro atoms. The van der Waals surface area contributed by atoms with E-state index in [9.17, 15) is 19.1 Å². The molecule has 27 heavy (non-hydrogen) atoms. The van der Waals surface area contributed by atoms with Crippen LogP contribution in [0.1, 0.15) is 42.6 Å². The van der Waals surface area contributed by atoms with Crippen molar-refractivity contribution in [1.29, 1.82) is 0 Å². The lowest BCUT2D eigenvalue weighted by atomic mass is 9.60. The van der Waals surface area contributed by atoms with Gasteiger partial charge in [-0.2, -0.15) is 0 Å². The second kappa shape index (κ2) is 5.32. The number of nitrogens with zero attached hydrogens (tertiary/aromatic N) is 2. The molecule has 6 nitrogen and oxygen atoms in total. The van der Waals surface area contributed by atoms with Gasteiger partial charge in [-0.25, -0.2) is 9.18 Å². The van der Waals surface area contributed by atoms with Gasteiger partial charge in [0.15, 0.2) is 0 Å². The lowest BCUT2D eigenvalue weighted by Crippen LogP contribution is -2.53. The van der Waals surface area contributed by atoms with Crippen LogP contribution in [0.4, 0.5) is 10.1 Å². The Morgan fingerprint density at radius 1 is 1.37 bits per heavy atom. The average molecular weight is 371 g/mol. The summed E-state index contributed by atoms with van der Waals surface area (Å²) in [4.78, 5) is 26.0. The number of pyridine rings is 1. The maximum Gasteiger partial charge on any atom is 0.341 e. The van der Waals surface area contributed by atoms with Crippen LogP contribution in [0, 0.1) is 17.2 Å². The van der Waals surface area contributed by atoms with Gasteiger partial charge in [0.2, 0.25) is 5.43 Å². The second-order valence-corrected chi connectivity index (χ2v) is 8.65. The summed E-state index contributed by atoms with van der Waals surface area (Å²) in [6.45, 7) is 3.65. The quantitative estimate of drug-likeness (QED) is 0.865. The molecule has 1 aromatic heterocycles. The molecule has 7 heteroatoms. The highest BCUT2D eigenvalue weighted by Gasteiger charge is 2.54. The minimum Gasteiger partial charge on any atom is -0.477 e. The van der Waals surface area contributed by atoms with Gasteiger partial charge in [0.05, 0.1) is 11.2 Å². The Kier molecular flexibility index (Phi) is 3.30. The van der Waals surface area contributed by atoms with Gasteiger partial charge in [-0.1, -0.05) is 6.92 Å². The number of aromatic nitrogens is 1. The fraction of sp³-hybridized carbons (Fsp3) is 0.500. The Morgan fingerprint density at radius 2 is 2.11 bits per heavy atom. The maximum absolute atomic E-state index is 15.0. The van der Waals surface area contributed by atoms with Crippen molar-refractivity contribution in [3.8, 4) is 0 Å². The number of anilines is 1. The van der Waals surface area contributed by atoms with E-state index in [1.54, 1.807) is 6.07 Å². The molecule has 3 aliphatic rings. The molecule has 3 fully saturated rings. The molecule has 2 aliphatic carbocycles. The van der Waals surface area contributed by atoms with Crippen LogP contribution in [0.25, 0.3) is 10.9 Å². The lowest BCUT2D eigenvalue weighted by molar-refractivity contribution is 0.0694. The fourth-order valence-corrected chi connectivity index (χ4v) is 5.06. The van der Waals surface area contributed by atoms with Gasteiger partial charge < -0.3 is 20.3 Å². The summed E-state index contributed by atoms with van der Waals surface area (Å²) in [5.74, 6) is -1.41. The first-order chi connectivity index (χ1) is 12.8. The van der Waals surface area contributed by atoms with Gasteiger partial charge in [-0.3, -0.25) is 4.79 Å². The van der Waals surface area contributed by atoms with Crippen LogP contribution in [0.15, 0.2) is 23.1 Å². The largest absolute Gasteiger partial charge is 0.477 e. The van der Waals surface area contributed by atoms with Gasteiger partial charge in [0.1, 0.15) is 11.4 Å². The van der Waals surface area contributed by atoms with E-state index in [1.807, 2.05) is 9.47 Å². The lowest BCUT2D eigenvalue weighted by Gasteiger charge is -2.46. The first-order valence-corrected chi connectivity index (χ1v) is 9.41. The third-order valence-corrected chi connectivity index (χ3v) is 6.70. The zero-order chi connectivity index (χ0) is 19.1. The minimum atomic E-state index is -1.28. The first-order valence-electron chi connectivity index (χ1n) is 9.41. The summed E-state index contributed by atoms with van der Waals surface area (Å²) in [6, 6.07) is 3.26. The van der Waals surface area contributed by atoms with E-state index in [0.29, 0.717) is 23.7 Å². The summed E-state index contributed by atoms with van der Waals surface area (Å²) in [7, 11) is 0. The number of nitrogens with two attached hydrogens (primary N) is 1. The van der Waals surface area contributed by atoms with Crippen LogP contribution in [-0.4, -0.2) is 34.8 Å². The molecule has 3 unspecified atom stereocenters.